The predicted molar refractivity (Wildman–Crippen MR) is 279 cm³/mol. The highest BCUT2D eigenvalue weighted by Crippen LogP contribution is 2.39. The third-order valence-corrected chi connectivity index (χ3v) is 12.5. The highest BCUT2D eigenvalue weighted by atomic mass is 35.5. The van der Waals surface area contributed by atoms with Gasteiger partial charge in [-0.2, -0.15) is 0 Å². The molecule has 0 spiro atoms. The van der Waals surface area contributed by atoms with Crippen LogP contribution in [0.1, 0.15) is 104 Å². The van der Waals surface area contributed by atoms with Crippen molar-refractivity contribution in [3.63, 3.8) is 0 Å². The molecule has 3 aliphatic rings. The minimum atomic E-state index is -0.908. The third-order valence-electron chi connectivity index (χ3n) is 11.6. The summed E-state index contributed by atoms with van der Waals surface area (Å²) in [6.07, 6.45) is -0.632. The van der Waals surface area contributed by atoms with Crippen molar-refractivity contribution in [2.45, 2.75) is 95.5 Å². The molecule has 3 atom stereocenters. The van der Waals surface area contributed by atoms with Crippen LogP contribution in [0.5, 0.6) is 34.9 Å². The zero-order chi connectivity index (χ0) is 50.2. The molecular formula is C50H50B3Cl3N6O9. The lowest BCUT2D eigenvalue weighted by Crippen LogP contribution is -2.30. The Kier molecular flexibility index (Phi) is 18.0. The van der Waals surface area contributed by atoms with Crippen LogP contribution in [0.4, 0.5) is 17.1 Å². The molecule has 3 unspecified atom stereocenters. The summed E-state index contributed by atoms with van der Waals surface area (Å²) in [4.78, 5) is 22.9. The molecule has 3 aromatic carbocycles. The quantitative estimate of drug-likeness (QED) is 0.107. The van der Waals surface area contributed by atoms with Crippen molar-refractivity contribution in [2.75, 3.05) is 0 Å². The van der Waals surface area contributed by atoms with E-state index in [1.807, 2.05) is 59.7 Å². The molecule has 0 saturated heterocycles. The van der Waals surface area contributed by atoms with Crippen LogP contribution in [0.2, 0.25) is 15.1 Å². The van der Waals surface area contributed by atoms with Gasteiger partial charge in [0.2, 0.25) is 34.7 Å². The second kappa shape index (κ2) is 22.9. The van der Waals surface area contributed by atoms with E-state index < -0.39 is 21.4 Å². The molecule has 3 N–H and O–H groups in total. The van der Waals surface area contributed by atoms with Gasteiger partial charge in [-0.15, -0.1) is 0 Å². The smallest absolute Gasteiger partial charge is 0.438 e. The lowest BCUT2D eigenvalue weighted by atomic mass is 9.76. The molecule has 0 saturated carbocycles. The first-order valence-electron chi connectivity index (χ1n) is 21.3. The number of fused-ring (bicyclic) bond motifs is 3. The monoisotopic (exact) mass is 1020 g/mol. The largest absolute Gasteiger partial charge is 0.492 e. The Morgan fingerprint density at radius 1 is 0.535 bits per heavy atom. The van der Waals surface area contributed by atoms with Crippen molar-refractivity contribution >= 4 is 89.6 Å². The second-order valence-electron chi connectivity index (χ2n) is 16.4. The average molecular weight is 1020 g/mol. The van der Waals surface area contributed by atoms with Crippen molar-refractivity contribution in [3.05, 3.63) is 154 Å². The van der Waals surface area contributed by atoms with Crippen LogP contribution >= 0.6 is 34.8 Å². The molecule has 364 valence electrons. The van der Waals surface area contributed by atoms with Gasteiger partial charge in [-0.05, 0) is 155 Å². The minimum Gasteiger partial charge on any atom is -0.438 e. The summed E-state index contributed by atoms with van der Waals surface area (Å²) in [6, 6.07) is 15.5. The number of benzene rings is 3. The molecule has 21 heteroatoms. The van der Waals surface area contributed by atoms with Crippen LogP contribution < -0.4 is 30.6 Å². The Balaban J connectivity index is 0.000000195. The Labute approximate surface area is 430 Å². The van der Waals surface area contributed by atoms with E-state index in [1.165, 1.54) is 0 Å². The molecule has 6 heterocycles. The number of hydrogen-bond donors (Lipinski definition) is 3. The van der Waals surface area contributed by atoms with E-state index >= 15 is 0 Å². The summed E-state index contributed by atoms with van der Waals surface area (Å²) >= 11 is 18.5. The maximum absolute atomic E-state index is 9.93. The number of pyridine rings is 3. The van der Waals surface area contributed by atoms with Crippen LogP contribution in [-0.4, -0.2) is 51.4 Å². The predicted octanol–water partition coefficient (Wildman–Crippen LogP) is 11.7. The first-order chi connectivity index (χ1) is 32.7. The number of nitrogens with zero attached hydrogens (tertiary/aromatic N) is 6. The SMILES string of the molecule is C.C.[C-]#[N+]c1cc(Cl)c(Oc2cc(C)c3c(c2)C(C)OB3O)nc1C.[C-]#[N+]c1cc(Cl)c(Oc2cc3c(cc2C)B(O)OC3C)nc1C.[C-]#[N+]c1cc(Cl)c(Oc2ccc3c(c2C)C(C)OB3O)nc1C. The highest BCUT2D eigenvalue weighted by Gasteiger charge is 2.37. The van der Waals surface area contributed by atoms with E-state index in [9.17, 15) is 15.1 Å². The van der Waals surface area contributed by atoms with Crippen LogP contribution in [0.3, 0.4) is 0 Å². The van der Waals surface area contributed by atoms with Gasteiger partial charge in [0.25, 0.3) is 0 Å². The van der Waals surface area contributed by atoms with E-state index in [-0.39, 0.29) is 65.9 Å². The molecule has 0 bridgehead atoms. The van der Waals surface area contributed by atoms with E-state index in [1.54, 1.807) is 57.2 Å². The second-order valence-corrected chi connectivity index (χ2v) is 17.6. The van der Waals surface area contributed by atoms with E-state index in [4.69, 9.17) is 82.7 Å². The molecule has 3 aliphatic heterocycles. The van der Waals surface area contributed by atoms with Gasteiger partial charge >= 0.3 is 21.4 Å². The topological polar surface area (TPSA) is 168 Å². The van der Waals surface area contributed by atoms with Crippen LogP contribution in [0.25, 0.3) is 14.5 Å². The lowest BCUT2D eigenvalue weighted by Gasteiger charge is -2.14. The van der Waals surface area contributed by atoms with Gasteiger partial charge < -0.3 is 43.2 Å². The molecular weight excluding hydrogens is 967 g/mol. The molecule has 6 aromatic rings. The number of aryl methyl sites for hydroxylation is 5. The van der Waals surface area contributed by atoms with Gasteiger partial charge in [-0.1, -0.05) is 61.8 Å². The summed E-state index contributed by atoms with van der Waals surface area (Å²) in [5.74, 6) is 2.52. The van der Waals surface area contributed by atoms with Gasteiger partial charge in [0.15, 0.2) is 0 Å². The summed E-state index contributed by atoms with van der Waals surface area (Å²) in [6.45, 7) is 37.7. The maximum Gasteiger partial charge on any atom is 0.492 e. The van der Waals surface area contributed by atoms with Gasteiger partial charge in [0.1, 0.15) is 17.2 Å². The number of rotatable bonds is 6. The Morgan fingerprint density at radius 2 is 0.986 bits per heavy atom. The first-order valence-corrected chi connectivity index (χ1v) is 22.5. The lowest BCUT2D eigenvalue weighted by molar-refractivity contribution is 0.208. The minimum absolute atomic E-state index is 0. The molecule has 3 aromatic heterocycles. The zero-order valence-electron chi connectivity index (χ0n) is 38.8. The third kappa shape index (κ3) is 11.6. The van der Waals surface area contributed by atoms with Gasteiger partial charge in [0, 0.05) is 17.1 Å². The average Bonchev–Trinajstić information content (AvgIpc) is 3.87. The summed E-state index contributed by atoms with van der Waals surface area (Å²) in [5.41, 5.74) is 10.4. The Morgan fingerprint density at radius 3 is 1.51 bits per heavy atom. The normalized spacial score (nSPS) is 15.7. The standard InChI is InChI=1S/3C16H14BClN2O3.2CH4/c1-8-5-12-11(10(3)23-17(12)21)6-15(8)22-16-13(18)7-14(19-4)9(2)20-16;1-8-5-11(6-12-10(3)23-17(21)15(8)12)22-16-13(18)7-14(19-4)9(2)20-16;1-8-14(6-5-11-15(8)10(3)23-17(11)21)22-16-12(18)7-13(19-4)9(2)20-16;;/h3*5-7,10,21H,1-3H3;2*1H4. The van der Waals surface area contributed by atoms with E-state index in [2.05, 4.69) is 29.5 Å². The Bertz CT molecular complexity index is 3100. The number of hydrogen-bond acceptors (Lipinski definition) is 12. The van der Waals surface area contributed by atoms with Crippen molar-refractivity contribution in [1.29, 1.82) is 0 Å². The molecule has 71 heavy (non-hydrogen) atoms. The summed E-state index contributed by atoms with van der Waals surface area (Å²) in [5, 5.41) is 30.5. The molecule has 0 radical (unpaired) electrons. The highest BCUT2D eigenvalue weighted by molar-refractivity contribution is 6.63. The maximum atomic E-state index is 9.93. The van der Waals surface area contributed by atoms with Crippen molar-refractivity contribution in [2.24, 2.45) is 0 Å². The molecule has 0 fully saturated rings. The van der Waals surface area contributed by atoms with Crippen molar-refractivity contribution in [1.82, 2.24) is 15.0 Å². The first kappa shape index (κ1) is 55.7. The Hall–Kier alpha value is -6.20. The molecule has 0 amide bonds. The van der Waals surface area contributed by atoms with Crippen LogP contribution in [0.15, 0.2) is 54.6 Å². The molecule has 15 nitrogen and oxygen atoms in total. The molecule has 0 aliphatic carbocycles. The number of ether oxygens (including phenoxy) is 3. The zero-order valence-corrected chi connectivity index (χ0v) is 41.0. The number of aromatic nitrogens is 3. The number of halogens is 3. The summed E-state index contributed by atoms with van der Waals surface area (Å²) in [7, 11) is -2.72. The molecule has 9 rings (SSSR count). The van der Waals surface area contributed by atoms with Gasteiger partial charge in [-0.3, -0.25) is 0 Å². The fraction of sp³-hybridized carbons (Fsp3) is 0.280. The fourth-order valence-corrected chi connectivity index (χ4v) is 8.60. The van der Waals surface area contributed by atoms with Crippen molar-refractivity contribution < 1.29 is 43.2 Å². The fourth-order valence-electron chi connectivity index (χ4n) is 8.05. The van der Waals surface area contributed by atoms with E-state index in [0.29, 0.717) is 51.4 Å². The van der Waals surface area contributed by atoms with Crippen molar-refractivity contribution in [3.8, 4) is 34.9 Å². The van der Waals surface area contributed by atoms with Crippen LogP contribution in [-0.2, 0) is 14.0 Å². The van der Waals surface area contributed by atoms with Crippen LogP contribution in [0, 0.1) is 61.3 Å². The van der Waals surface area contributed by atoms with Gasteiger partial charge in [0.05, 0.1) is 53.1 Å². The van der Waals surface area contributed by atoms with E-state index in [0.717, 1.165) is 49.8 Å². The van der Waals surface area contributed by atoms with Gasteiger partial charge in [-0.25, -0.2) is 29.5 Å². The summed E-state index contributed by atoms with van der Waals surface area (Å²) < 4.78 is 33.7.